The topological polar surface area (TPSA) is 29.5 Å². The summed E-state index contributed by atoms with van der Waals surface area (Å²) < 4.78 is 19.6. The van der Waals surface area contributed by atoms with Gasteiger partial charge in [0.05, 0.1) is 6.10 Å². The van der Waals surface area contributed by atoms with E-state index in [1.165, 1.54) is 18.6 Å². The molecule has 110 valence electrons. The predicted octanol–water partition coefficient (Wildman–Crippen LogP) is 4.23. The van der Waals surface area contributed by atoms with E-state index in [1.807, 2.05) is 0 Å². The van der Waals surface area contributed by atoms with Crippen LogP contribution < -0.4 is 4.74 Å². The summed E-state index contributed by atoms with van der Waals surface area (Å²) >= 11 is 0. The van der Waals surface area contributed by atoms with E-state index in [-0.39, 0.29) is 11.4 Å². The zero-order chi connectivity index (χ0) is 14.3. The smallest absolute Gasteiger partial charge is 0.128 e. The van der Waals surface area contributed by atoms with Gasteiger partial charge in [-0.1, -0.05) is 13.8 Å². The highest BCUT2D eigenvalue weighted by Gasteiger charge is 2.44. The van der Waals surface area contributed by atoms with Gasteiger partial charge in [-0.15, -0.1) is 0 Å². The second-order valence-electron chi connectivity index (χ2n) is 6.79. The van der Waals surface area contributed by atoms with Crippen LogP contribution in [0.5, 0.6) is 5.75 Å². The minimum absolute atomic E-state index is 0.298. The zero-order valence-electron chi connectivity index (χ0n) is 12.2. The first kappa shape index (κ1) is 13.9. The lowest BCUT2D eigenvalue weighted by molar-refractivity contribution is -0.0574. The fourth-order valence-corrected chi connectivity index (χ4v) is 3.82. The fourth-order valence-electron chi connectivity index (χ4n) is 3.82. The van der Waals surface area contributed by atoms with Gasteiger partial charge in [0.2, 0.25) is 0 Å². The second kappa shape index (κ2) is 5.03. The molecule has 1 aliphatic carbocycles. The van der Waals surface area contributed by atoms with Gasteiger partial charge in [-0.25, -0.2) is 4.39 Å². The van der Waals surface area contributed by atoms with Gasteiger partial charge >= 0.3 is 0 Å². The first-order valence-corrected chi connectivity index (χ1v) is 7.66. The molecule has 0 radical (unpaired) electrons. The minimum atomic E-state index is -0.537. The summed E-state index contributed by atoms with van der Waals surface area (Å²) in [7, 11) is 0. The van der Waals surface area contributed by atoms with E-state index in [4.69, 9.17) is 4.74 Å². The van der Waals surface area contributed by atoms with E-state index in [0.717, 1.165) is 24.8 Å². The van der Waals surface area contributed by atoms with Crippen LogP contribution in [0.4, 0.5) is 4.39 Å². The van der Waals surface area contributed by atoms with Crippen molar-refractivity contribution in [3.8, 4) is 5.75 Å². The van der Waals surface area contributed by atoms with Gasteiger partial charge in [0.15, 0.2) is 0 Å². The van der Waals surface area contributed by atoms with Gasteiger partial charge in [0.25, 0.3) is 0 Å². The van der Waals surface area contributed by atoms with Crippen LogP contribution in [-0.2, 0) is 0 Å². The van der Waals surface area contributed by atoms with Crippen molar-refractivity contribution in [2.24, 2.45) is 11.8 Å². The van der Waals surface area contributed by atoms with E-state index in [9.17, 15) is 9.50 Å². The second-order valence-corrected chi connectivity index (χ2v) is 6.79. The lowest BCUT2D eigenvalue weighted by atomic mass is 9.70. The van der Waals surface area contributed by atoms with Crippen LogP contribution in [0.1, 0.15) is 57.6 Å². The number of hydrogen-bond acceptors (Lipinski definition) is 2. The SMILES string of the molecule is CC(C)C1CCCC2(C1)C[C@H](O)c1ccc(F)cc1O2. The molecular formula is C17H23FO2. The van der Waals surface area contributed by atoms with E-state index >= 15 is 0 Å². The molecular weight excluding hydrogens is 255 g/mol. The molecule has 1 aromatic rings. The van der Waals surface area contributed by atoms with Crippen LogP contribution in [0.2, 0.25) is 0 Å². The third-order valence-electron chi connectivity index (χ3n) is 5.01. The van der Waals surface area contributed by atoms with Crippen LogP contribution in [0.25, 0.3) is 0 Å². The van der Waals surface area contributed by atoms with Crippen molar-refractivity contribution < 1.29 is 14.2 Å². The molecule has 1 saturated carbocycles. The number of benzene rings is 1. The molecule has 3 heteroatoms. The van der Waals surface area contributed by atoms with E-state index in [0.29, 0.717) is 24.0 Å². The van der Waals surface area contributed by atoms with Gasteiger partial charge in [-0.2, -0.15) is 0 Å². The quantitative estimate of drug-likeness (QED) is 0.833. The summed E-state index contributed by atoms with van der Waals surface area (Å²) in [5, 5.41) is 10.4. The standard InChI is InChI=1S/C17H23FO2/c1-11(2)12-4-3-7-17(9-12)10-15(19)14-6-5-13(18)8-16(14)20-17/h5-6,8,11-12,15,19H,3-4,7,9-10H2,1-2H3/t12?,15-,17?/m0/s1. The molecule has 2 aliphatic rings. The Bertz CT molecular complexity index is 500. The molecule has 0 saturated heterocycles. The number of fused-ring (bicyclic) bond motifs is 1. The van der Waals surface area contributed by atoms with Crippen molar-refractivity contribution in [2.75, 3.05) is 0 Å². The van der Waals surface area contributed by atoms with Crippen LogP contribution >= 0.6 is 0 Å². The van der Waals surface area contributed by atoms with Gasteiger partial charge in [-0.05, 0) is 49.7 Å². The Morgan fingerprint density at radius 1 is 1.35 bits per heavy atom. The Labute approximate surface area is 120 Å². The van der Waals surface area contributed by atoms with Crippen molar-refractivity contribution in [1.82, 2.24) is 0 Å². The van der Waals surface area contributed by atoms with Gasteiger partial charge in [-0.3, -0.25) is 0 Å². The number of aliphatic hydroxyl groups is 1. The summed E-state index contributed by atoms with van der Waals surface area (Å²) in [5.74, 6) is 1.49. The summed E-state index contributed by atoms with van der Waals surface area (Å²) in [6, 6.07) is 4.45. The van der Waals surface area contributed by atoms with Crippen LogP contribution in [0.3, 0.4) is 0 Å². The van der Waals surface area contributed by atoms with Crippen LogP contribution in [-0.4, -0.2) is 10.7 Å². The monoisotopic (exact) mass is 278 g/mol. The van der Waals surface area contributed by atoms with E-state index in [1.54, 1.807) is 6.07 Å². The Hall–Kier alpha value is -1.09. The summed E-state index contributed by atoms with van der Waals surface area (Å²) in [4.78, 5) is 0. The number of aliphatic hydroxyl groups excluding tert-OH is 1. The molecule has 1 aromatic carbocycles. The normalized spacial score (nSPS) is 33.0. The van der Waals surface area contributed by atoms with Crippen molar-refractivity contribution in [2.45, 2.75) is 57.7 Å². The molecule has 2 unspecified atom stereocenters. The molecule has 1 heterocycles. The van der Waals surface area contributed by atoms with E-state index in [2.05, 4.69) is 13.8 Å². The maximum atomic E-state index is 13.4. The lowest BCUT2D eigenvalue weighted by Gasteiger charge is -2.46. The highest BCUT2D eigenvalue weighted by Crippen LogP contribution is 2.48. The number of rotatable bonds is 1. The van der Waals surface area contributed by atoms with Crippen molar-refractivity contribution >= 4 is 0 Å². The average molecular weight is 278 g/mol. The number of hydrogen-bond donors (Lipinski definition) is 1. The molecule has 3 rings (SSSR count). The third-order valence-corrected chi connectivity index (χ3v) is 5.01. The summed E-state index contributed by atoms with van der Waals surface area (Å²) in [6.07, 6.45) is 4.38. The van der Waals surface area contributed by atoms with Gasteiger partial charge < -0.3 is 9.84 Å². The predicted molar refractivity (Wildman–Crippen MR) is 76.1 cm³/mol. The molecule has 1 spiro atoms. The van der Waals surface area contributed by atoms with Gasteiger partial charge in [0, 0.05) is 18.1 Å². The maximum absolute atomic E-state index is 13.4. The van der Waals surface area contributed by atoms with Gasteiger partial charge in [0.1, 0.15) is 17.2 Å². The molecule has 1 aliphatic heterocycles. The van der Waals surface area contributed by atoms with Crippen LogP contribution in [0, 0.1) is 17.7 Å². The molecule has 20 heavy (non-hydrogen) atoms. The van der Waals surface area contributed by atoms with Crippen molar-refractivity contribution in [3.05, 3.63) is 29.6 Å². The third kappa shape index (κ3) is 2.44. The van der Waals surface area contributed by atoms with Crippen molar-refractivity contribution in [3.63, 3.8) is 0 Å². The minimum Gasteiger partial charge on any atom is -0.487 e. The molecule has 1 fully saturated rings. The lowest BCUT2D eigenvalue weighted by Crippen LogP contribution is -2.45. The average Bonchev–Trinajstić information content (AvgIpc) is 2.37. The molecule has 2 nitrogen and oxygen atoms in total. The van der Waals surface area contributed by atoms with E-state index < -0.39 is 6.10 Å². The zero-order valence-corrected chi connectivity index (χ0v) is 12.2. The molecule has 3 atom stereocenters. The molecule has 0 bridgehead atoms. The fraction of sp³-hybridized carbons (Fsp3) is 0.647. The Balaban J connectivity index is 1.89. The number of ether oxygens (including phenoxy) is 1. The largest absolute Gasteiger partial charge is 0.487 e. The summed E-state index contributed by atoms with van der Waals surface area (Å²) in [5.41, 5.74) is 0.427. The molecule has 1 N–H and O–H groups in total. The first-order valence-electron chi connectivity index (χ1n) is 7.66. The highest BCUT2D eigenvalue weighted by molar-refractivity contribution is 5.38. The first-order chi connectivity index (χ1) is 9.49. The van der Waals surface area contributed by atoms with Crippen LogP contribution in [0.15, 0.2) is 18.2 Å². The summed E-state index contributed by atoms with van der Waals surface area (Å²) in [6.45, 7) is 4.49. The highest BCUT2D eigenvalue weighted by atomic mass is 19.1. The Morgan fingerprint density at radius 2 is 2.15 bits per heavy atom. The number of halogens is 1. The molecule has 0 aromatic heterocycles. The van der Waals surface area contributed by atoms with Crippen molar-refractivity contribution in [1.29, 1.82) is 0 Å². The Kier molecular flexibility index (Phi) is 3.49. The Morgan fingerprint density at radius 3 is 2.90 bits per heavy atom. The maximum Gasteiger partial charge on any atom is 0.128 e. The molecule has 0 amide bonds.